The lowest BCUT2D eigenvalue weighted by Crippen LogP contribution is -2.37. The third-order valence-electron chi connectivity index (χ3n) is 4.04. The van der Waals surface area contributed by atoms with E-state index in [0.29, 0.717) is 11.5 Å². The van der Waals surface area contributed by atoms with Gasteiger partial charge in [0.15, 0.2) is 0 Å². The van der Waals surface area contributed by atoms with Crippen molar-refractivity contribution in [1.29, 1.82) is 0 Å². The SMILES string of the molecule is C[C@H](CO)NC(=O)Cn1cc(Nc2nccc(NCc3c(F)cccc3F)n2)cn1. The van der Waals surface area contributed by atoms with E-state index in [1.165, 1.54) is 35.3 Å². The Morgan fingerprint density at radius 2 is 2.03 bits per heavy atom. The quantitative estimate of drug-likeness (QED) is 0.419. The maximum Gasteiger partial charge on any atom is 0.242 e. The molecule has 11 heteroatoms. The van der Waals surface area contributed by atoms with Crippen LogP contribution in [-0.4, -0.2) is 43.4 Å². The monoisotopic (exact) mass is 417 g/mol. The van der Waals surface area contributed by atoms with Crippen LogP contribution in [0.25, 0.3) is 0 Å². The van der Waals surface area contributed by atoms with Crippen molar-refractivity contribution in [2.75, 3.05) is 17.2 Å². The molecule has 9 nitrogen and oxygen atoms in total. The molecule has 4 N–H and O–H groups in total. The van der Waals surface area contributed by atoms with E-state index in [-0.39, 0.29) is 43.2 Å². The van der Waals surface area contributed by atoms with Gasteiger partial charge < -0.3 is 21.1 Å². The van der Waals surface area contributed by atoms with Crippen molar-refractivity contribution in [3.05, 3.63) is 60.1 Å². The highest BCUT2D eigenvalue weighted by Gasteiger charge is 2.10. The van der Waals surface area contributed by atoms with Crippen molar-refractivity contribution in [3.63, 3.8) is 0 Å². The Morgan fingerprint density at radius 3 is 2.77 bits per heavy atom. The van der Waals surface area contributed by atoms with Gasteiger partial charge in [-0.15, -0.1) is 0 Å². The number of carbonyl (C=O) groups is 1. The molecule has 0 saturated heterocycles. The minimum Gasteiger partial charge on any atom is -0.394 e. The Balaban J connectivity index is 1.59. The number of benzene rings is 1. The molecule has 3 aromatic rings. The number of hydrogen-bond acceptors (Lipinski definition) is 7. The topological polar surface area (TPSA) is 117 Å². The summed E-state index contributed by atoms with van der Waals surface area (Å²) in [7, 11) is 0. The van der Waals surface area contributed by atoms with Gasteiger partial charge >= 0.3 is 0 Å². The Morgan fingerprint density at radius 1 is 1.27 bits per heavy atom. The molecule has 0 aliphatic heterocycles. The van der Waals surface area contributed by atoms with E-state index < -0.39 is 11.6 Å². The van der Waals surface area contributed by atoms with Crippen molar-refractivity contribution < 1.29 is 18.7 Å². The van der Waals surface area contributed by atoms with Crippen LogP contribution in [0.5, 0.6) is 0 Å². The van der Waals surface area contributed by atoms with Crippen molar-refractivity contribution in [2.24, 2.45) is 0 Å². The fraction of sp³-hybridized carbons (Fsp3) is 0.263. The summed E-state index contributed by atoms with van der Waals surface area (Å²) in [6.07, 6.45) is 4.59. The molecule has 2 heterocycles. The lowest BCUT2D eigenvalue weighted by Gasteiger charge is -2.10. The molecule has 0 saturated carbocycles. The van der Waals surface area contributed by atoms with Gasteiger partial charge in [-0.3, -0.25) is 9.48 Å². The normalized spacial score (nSPS) is 11.7. The highest BCUT2D eigenvalue weighted by Crippen LogP contribution is 2.16. The van der Waals surface area contributed by atoms with Crippen LogP contribution in [0, 0.1) is 11.6 Å². The van der Waals surface area contributed by atoms with Crippen LogP contribution in [-0.2, 0) is 17.9 Å². The molecule has 0 spiro atoms. The molecule has 2 aromatic heterocycles. The van der Waals surface area contributed by atoms with E-state index in [4.69, 9.17) is 5.11 Å². The van der Waals surface area contributed by atoms with Gasteiger partial charge in [-0.25, -0.2) is 13.8 Å². The fourth-order valence-electron chi connectivity index (χ4n) is 2.55. The molecule has 3 rings (SSSR count). The van der Waals surface area contributed by atoms with Crippen LogP contribution in [0.3, 0.4) is 0 Å². The summed E-state index contributed by atoms with van der Waals surface area (Å²) >= 11 is 0. The smallest absolute Gasteiger partial charge is 0.242 e. The number of aliphatic hydroxyl groups is 1. The summed E-state index contributed by atoms with van der Waals surface area (Å²) < 4.78 is 28.9. The van der Waals surface area contributed by atoms with Crippen LogP contribution in [0.4, 0.5) is 26.2 Å². The van der Waals surface area contributed by atoms with Crippen LogP contribution in [0.1, 0.15) is 12.5 Å². The number of hydrogen-bond donors (Lipinski definition) is 4. The molecular weight excluding hydrogens is 396 g/mol. The summed E-state index contributed by atoms with van der Waals surface area (Å²) in [5.41, 5.74) is 0.469. The van der Waals surface area contributed by atoms with Gasteiger partial charge in [-0.2, -0.15) is 10.1 Å². The van der Waals surface area contributed by atoms with Gasteiger partial charge in [-0.1, -0.05) is 6.07 Å². The molecule has 1 amide bonds. The second kappa shape index (κ2) is 9.74. The highest BCUT2D eigenvalue weighted by atomic mass is 19.1. The maximum absolute atomic E-state index is 13.7. The molecule has 0 radical (unpaired) electrons. The average molecular weight is 417 g/mol. The van der Waals surface area contributed by atoms with Crippen molar-refractivity contribution in [1.82, 2.24) is 25.1 Å². The standard InChI is InChI=1S/C19H21F2N7O2/c1-12(11-29)25-18(30)10-28-9-13(7-24-28)26-19-22-6-5-17(27-19)23-8-14-15(20)3-2-4-16(14)21/h2-7,9,12,29H,8,10-11H2,1H3,(H,25,30)(H2,22,23,26,27)/t12-/m1/s1. The lowest BCUT2D eigenvalue weighted by atomic mass is 10.2. The minimum atomic E-state index is -0.639. The fourth-order valence-corrected chi connectivity index (χ4v) is 2.55. The van der Waals surface area contributed by atoms with E-state index in [1.807, 2.05) is 0 Å². The molecule has 0 aliphatic carbocycles. The number of aliphatic hydroxyl groups excluding tert-OH is 1. The second-order valence-electron chi connectivity index (χ2n) is 6.52. The Labute approximate surface area is 171 Å². The van der Waals surface area contributed by atoms with Crippen LogP contribution >= 0.6 is 0 Å². The lowest BCUT2D eigenvalue weighted by molar-refractivity contribution is -0.122. The zero-order valence-electron chi connectivity index (χ0n) is 16.1. The minimum absolute atomic E-state index is 0.0112. The first-order valence-electron chi connectivity index (χ1n) is 9.14. The first-order chi connectivity index (χ1) is 14.4. The van der Waals surface area contributed by atoms with Crippen LogP contribution in [0.2, 0.25) is 0 Å². The van der Waals surface area contributed by atoms with Crippen LogP contribution < -0.4 is 16.0 Å². The number of rotatable bonds is 9. The summed E-state index contributed by atoms with van der Waals surface area (Å²) in [5.74, 6) is -0.944. The first kappa shape index (κ1) is 21.1. The molecule has 0 fully saturated rings. The van der Waals surface area contributed by atoms with Crippen LogP contribution in [0.15, 0.2) is 42.9 Å². The molecule has 0 bridgehead atoms. The molecule has 1 aromatic carbocycles. The maximum atomic E-state index is 13.7. The number of amides is 1. The molecular formula is C19H21F2N7O2. The Kier molecular flexibility index (Phi) is 6.86. The van der Waals surface area contributed by atoms with Crippen molar-refractivity contribution in [3.8, 4) is 0 Å². The predicted octanol–water partition coefficient (Wildman–Crippen LogP) is 1.80. The molecule has 158 valence electrons. The largest absolute Gasteiger partial charge is 0.394 e. The van der Waals surface area contributed by atoms with E-state index >= 15 is 0 Å². The Bertz CT molecular complexity index is 992. The van der Waals surface area contributed by atoms with Gasteiger partial charge in [-0.05, 0) is 25.1 Å². The third kappa shape index (κ3) is 5.70. The molecule has 1 atom stereocenters. The number of carbonyl (C=O) groups excluding carboxylic acids is 1. The second-order valence-corrected chi connectivity index (χ2v) is 6.52. The predicted molar refractivity (Wildman–Crippen MR) is 106 cm³/mol. The number of halogens is 2. The summed E-state index contributed by atoms with van der Waals surface area (Å²) in [6.45, 7) is 1.45. The summed E-state index contributed by atoms with van der Waals surface area (Å²) in [5, 5.41) is 21.5. The Hall–Kier alpha value is -3.60. The zero-order valence-corrected chi connectivity index (χ0v) is 16.1. The molecule has 30 heavy (non-hydrogen) atoms. The summed E-state index contributed by atoms with van der Waals surface area (Å²) in [6, 6.07) is 4.91. The van der Waals surface area contributed by atoms with Gasteiger partial charge in [0.1, 0.15) is 24.0 Å². The van der Waals surface area contributed by atoms with Gasteiger partial charge in [0.25, 0.3) is 0 Å². The summed E-state index contributed by atoms with van der Waals surface area (Å²) in [4.78, 5) is 20.2. The molecule has 0 aliphatic rings. The van der Waals surface area contributed by atoms with Gasteiger partial charge in [0, 0.05) is 30.5 Å². The van der Waals surface area contributed by atoms with E-state index in [1.54, 1.807) is 19.2 Å². The average Bonchev–Trinajstić information content (AvgIpc) is 3.14. The van der Waals surface area contributed by atoms with Gasteiger partial charge in [0.05, 0.1) is 18.5 Å². The third-order valence-corrected chi connectivity index (χ3v) is 4.04. The van der Waals surface area contributed by atoms with E-state index in [9.17, 15) is 13.6 Å². The zero-order chi connectivity index (χ0) is 21.5. The molecule has 0 unspecified atom stereocenters. The van der Waals surface area contributed by atoms with Crippen molar-refractivity contribution in [2.45, 2.75) is 26.1 Å². The van der Waals surface area contributed by atoms with E-state index in [0.717, 1.165) is 0 Å². The van der Waals surface area contributed by atoms with Gasteiger partial charge in [0.2, 0.25) is 11.9 Å². The highest BCUT2D eigenvalue weighted by molar-refractivity contribution is 5.76. The number of aromatic nitrogens is 4. The van der Waals surface area contributed by atoms with E-state index in [2.05, 4.69) is 31.0 Å². The number of nitrogens with one attached hydrogen (secondary N) is 3. The number of nitrogens with zero attached hydrogens (tertiary/aromatic N) is 4. The van der Waals surface area contributed by atoms with Crippen molar-refractivity contribution >= 4 is 23.4 Å². The number of anilines is 3. The first-order valence-corrected chi connectivity index (χ1v) is 9.14.